The maximum Gasteiger partial charge on any atom is 0.259 e. The lowest BCUT2D eigenvalue weighted by molar-refractivity contribution is 0.0680. The number of halogens is 1. The van der Waals surface area contributed by atoms with Crippen molar-refractivity contribution in [2.24, 2.45) is 5.92 Å². The molecule has 1 saturated heterocycles. The summed E-state index contributed by atoms with van der Waals surface area (Å²) in [6.07, 6.45) is 5.58. The fourth-order valence-electron chi connectivity index (χ4n) is 3.92. The molecule has 1 aromatic carbocycles. The maximum atomic E-state index is 13.1. The van der Waals surface area contributed by atoms with Crippen LogP contribution in [0, 0.1) is 5.92 Å². The monoisotopic (exact) mass is 459 g/mol. The minimum atomic E-state index is -0.540. The summed E-state index contributed by atoms with van der Waals surface area (Å²) >= 11 is 6.00. The van der Waals surface area contributed by atoms with Crippen molar-refractivity contribution in [3.8, 4) is 0 Å². The first-order valence-electron chi connectivity index (χ1n) is 10.9. The number of amides is 2. The first-order valence-corrected chi connectivity index (χ1v) is 11.3. The van der Waals surface area contributed by atoms with Crippen LogP contribution in [0.4, 0.5) is 0 Å². The molecule has 0 aliphatic carbocycles. The number of piperidine rings is 1. The molecular weight excluding hydrogens is 430 g/mol. The zero-order valence-corrected chi connectivity index (χ0v) is 19.4. The molecule has 1 fully saturated rings. The summed E-state index contributed by atoms with van der Waals surface area (Å²) in [4.78, 5) is 40.8. The number of ether oxygens (including phenoxy) is 1. The Labute approximate surface area is 193 Å². The van der Waals surface area contributed by atoms with E-state index in [9.17, 15) is 14.4 Å². The molecule has 8 heteroatoms. The van der Waals surface area contributed by atoms with E-state index in [1.54, 1.807) is 22.6 Å². The number of nitrogens with zero attached hydrogens (tertiary/aromatic N) is 2. The topological polar surface area (TPSA) is 80.6 Å². The maximum absolute atomic E-state index is 13.1. The molecule has 2 heterocycles. The molecule has 1 aliphatic heterocycles. The van der Waals surface area contributed by atoms with Crippen molar-refractivity contribution in [1.82, 2.24) is 14.8 Å². The average Bonchev–Trinajstić information content (AvgIpc) is 2.78. The van der Waals surface area contributed by atoms with Crippen LogP contribution in [-0.4, -0.2) is 54.6 Å². The number of benzene rings is 1. The Bertz CT molecular complexity index is 1020. The summed E-state index contributed by atoms with van der Waals surface area (Å²) in [6, 6.07) is 7.40. The van der Waals surface area contributed by atoms with Crippen LogP contribution in [-0.2, 0) is 17.7 Å². The van der Waals surface area contributed by atoms with Crippen LogP contribution in [0.5, 0.6) is 0 Å². The Morgan fingerprint density at radius 3 is 2.75 bits per heavy atom. The highest BCUT2D eigenvalue weighted by Gasteiger charge is 2.26. The van der Waals surface area contributed by atoms with E-state index < -0.39 is 11.3 Å². The van der Waals surface area contributed by atoms with Crippen LogP contribution in [0.15, 0.2) is 41.5 Å². The van der Waals surface area contributed by atoms with Crippen molar-refractivity contribution in [1.29, 1.82) is 0 Å². The molecule has 7 nitrogen and oxygen atoms in total. The molecule has 2 aromatic rings. The second-order valence-electron chi connectivity index (χ2n) is 8.28. The lowest BCUT2D eigenvalue weighted by Gasteiger charge is -2.31. The Morgan fingerprint density at radius 2 is 2.03 bits per heavy atom. The number of methoxy groups -OCH3 is 1. The van der Waals surface area contributed by atoms with E-state index in [0.717, 1.165) is 18.4 Å². The van der Waals surface area contributed by atoms with Crippen molar-refractivity contribution in [2.45, 2.75) is 32.7 Å². The number of pyridine rings is 1. The molecule has 32 heavy (non-hydrogen) atoms. The normalized spacial score (nSPS) is 16.1. The van der Waals surface area contributed by atoms with Crippen LogP contribution >= 0.6 is 11.6 Å². The molecular formula is C24H30ClN3O4. The van der Waals surface area contributed by atoms with Crippen LogP contribution < -0.4 is 10.7 Å². The van der Waals surface area contributed by atoms with Crippen molar-refractivity contribution < 1.29 is 14.3 Å². The van der Waals surface area contributed by atoms with Crippen molar-refractivity contribution in [3.63, 3.8) is 0 Å². The Hall–Kier alpha value is -2.64. The number of aromatic nitrogens is 1. The lowest BCUT2D eigenvalue weighted by Crippen LogP contribution is -2.42. The van der Waals surface area contributed by atoms with Gasteiger partial charge in [-0.1, -0.05) is 30.7 Å². The molecule has 1 N–H and O–H groups in total. The van der Waals surface area contributed by atoms with Gasteiger partial charge in [0.1, 0.15) is 11.1 Å². The van der Waals surface area contributed by atoms with Crippen molar-refractivity contribution >= 4 is 23.4 Å². The zero-order valence-electron chi connectivity index (χ0n) is 18.6. The summed E-state index contributed by atoms with van der Waals surface area (Å²) < 4.78 is 6.80. The highest BCUT2D eigenvalue weighted by molar-refractivity contribution is 6.30. The van der Waals surface area contributed by atoms with E-state index in [1.807, 2.05) is 18.2 Å². The van der Waals surface area contributed by atoms with E-state index in [2.05, 4.69) is 12.2 Å². The van der Waals surface area contributed by atoms with Gasteiger partial charge in [0.05, 0.1) is 6.61 Å². The lowest BCUT2D eigenvalue weighted by atomic mass is 9.99. The third-order valence-corrected chi connectivity index (χ3v) is 5.88. The Balaban J connectivity index is 1.80. The predicted molar refractivity (Wildman–Crippen MR) is 124 cm³/mol. The smallest absolute Gasteiger partial charge is 0.259 e. The number of nitrogens with one attached hydrogen (secondary N) is 1. The second-order valence-corrected chi connectivity index (χ2v) is 8.72. The van der Waals surface area contributed by atoms with Crippen molar-refractivity contribution in [2.75, 3.05) is 33.4 Å². The fourth-order valence-corrected chi connectivity index (χ4v) is 4.14. The van der Waals surface area contributed by atoms with Gasteiger partial charge in [-0.2, -0.15) is 0 Å². The molecule has 1 aromatic heterocycles. The third-order valence-electron chi connectivity index (χ3n) is 5.64. The summed E-state index contributed by atoms with van der Waals surface area (Å²) in [5.41, 5.74) is 0.432. The predicted octanol–water partition coefficient (Wildman–Crippen LogP) is 2.99. The highest BCUT2D eigenvalue weighted by Crippen LogP contribution is 2.17. The van der Waals surface area contributed by atoms with E-state index in [0.29, 0.717) is 50.1 Å². The van der Waals surface area contributed by atoms with Crippen LogP contribution in [0.3, 0.4) is 0 Å². The van der Waals surface area contributed by atoms with E-state index in [-0.39, 0.29) is 17.0 Å². The first kappa shape index (κ1) is 24.0. The quantitative estimate of drug-likeness (QED) is 0.658. The van der Waals surface area contributed by atoms with Crippen molar-refractivity contribution in [3.05, 3.63) is 68.6 Å². The molecule has 0 spiro atoms. The first-order chi connectivity index (χ1) is 15.4. The van der Waals surface area contributed by atoms with Gasteiger partial charge in [0, 0.05) is 50.7 Å². The SMILES string of the molecule is COCCn1cc(C(=O)NCCc2cccc(Cl)c2)c(=O)c(C(=O)N2CCC[C@@H](C)C2)c1. The fraction of sp³-hybridized carbons (Fsp3) is 0.458. The van der Waals surface area contributed by atoms with Crippen LogP contribution in [0.2, 0.25) is 5.02 Å². The van der Waals surface area contributed by atoms with Crippen LogP contribution in [0.1, 0.15) is 46.0 Å². The number of hydrogen-bond donors (Lipinski definition) is 1. The molecule has 0 bridgehead atoms. The largest absolute Gasteiger partial charge is 0.383 e. The Kier molecular flexibility index (Phi) is 8.47. The summed E-state index contributed by atoms with van der Waals surface area (Å²) in [6.45, 7) is 4.51. The molecule has 0 radical (unpaired) electrons. The van der Waals surface area contributed by atoms with Gasteiger partial charge in [-0.25, -0.2) is 0 Å². The van der Waals surface area contributed by atoms with Gasteiger partial charge in [0.25, 0.3) is 11.8 Å². The minimum absolute atomic E-state index is 0.0256. The van der Waals surface area contributed by atoms with Gasteiger partial charge in [-0.3, -0.25) is 14.4 Å². The van der Waals surface area contributed by atoms with Gasteiger partial charge in [0.15, 0.2) is 0 Å². The minimum Gasteiger partial charge on any atom is -0.383 e. The van der Waals surface area contributed by atoms with E-state index in [4.69, 9.17) is 16.3 Å². The molecule has 1 aliphatic rings. The average molecular weight is 460 g/mol. The summed E-state index contributed by atoms with van der Waals surface area (Å²) in [5.74, 6) is -0.424. The number of carbonyl (C=O) groups excluding carboxylic acids is 2. The summed E-state index contributed by atoms with van der Waals surface area (Å²) in [7, 11) is 1.58. The molecule has 2 amide bonds. The van der Waals surface area contributed by atoms with Crippen LogP contribution in [0.25, 0.3) is 0 Å². The molecule has 1 atom stereocenters. The second kappa shape index (κ2) is 11.3. The molecule has 0 unspecified atom stereocenters. The number of hydrogen-bond acceptors (Lipinski definition) is 4. The standard InChI is InChI=1S/C24H30ClN3O4/c1-17-5-4-10-28(14-17)24(31)21-16-27(11-12-32-2)15-20(22(21)29)23(30)26-9-8-18-6-3-7-19(25)13-18/h3,6-7,13,15-17H,4-5,8-12,14H2,1-2H3,(H,26,30)/t17-/m1/s1. The van der Waals surface area contributed by atoms with Gasteiger partial charge < -0.3 is 19.5 Å². The van der Waals surface area contributed by atoms with Gasteiger partial charge >= 0.3 is 0 Å². The molecule has 3 rings (SSSR count). The van der Waals surface area contributed by atoms with Gasteiger partial charge in [-0.15, -0.1) is 0 Å². The number of likely N-dealkylation sites (tertiary alicyclic amines) is 1. The van der Waals surface area contributed by atoms with E-state index in [1.165, 1.54) is 12.4 Å². The molecule has 172 valence electrons. The number of rotatable bonds is 8. The third kappa shape index (κ3) is 6.20. The zero-order chi connectivity index (χ0) is 23.1. The molecule has 0 saturated carbocycles. The highest BCUT2D eigenvalue weighted by atomic mass is 35.5. The van der Waals surface area contributed by atoms with Gasteiger partial charge in [-0.05, 0) is 42.9 Å². The number of carbonyl (C=O) groups is 2. The van der Waals surface area contributed by atoms with Gasteiger partial charge in [0.2, 0.25) is 5.43 Å². The Morgan fingerprint density at radius 1 is 1.25 bits per heavy atom. The van der Waals surface area contributed by atoms with E-state index >= 15 is 0 Å². The summed E-state index contributed by atoms with van der Waals surface area (Å²) in [5, 5.41) is 3.42.